The second-order valence-electron chi connectivity index (χ2n) is 9.70. The number of halogens is 2. The molecule has 4 heterocycles. The molecule has 3 aromatic heterocycles. The van der Waals surface area contributed by atoms with Gasteiger partial charge in [0.2, 0.25) is 11.9 Å². The molecule has 3 amide bonds. The minimum absolute atomic E-state index is 0.0537. The van der Waals surface area contributed by atoms with Crippen molar-refractivity contribution in [2.45, 2.75) is 13.3 Å². The molecular weight excluding hydrogens is 572 g/mol. The van der Waals surface area contributed by atoms with Gasteiger partial charge >= 0.3 is 0 Å². The summed E-state index contributed by atoms with van der Waals surface area (Å²) in [6.45, 7) is 1.74. The fourth-order valence-corrected chi connectivity index (χ4v) is 4.65. The minimum atomic E-state index is -0.872. The highest BCUT2D eigenvalue weighted by Gasteiger charge is 2.38. The fraction of sp³-hybridized carbons (Fsp3) is 0.0968. The van der Waals surface area contributed by atoms with Crippen molar-refractivity contribution in [3.63, 3.8) is 0 Å². The summed E-state index contributed by atoms with van der Waals surface area (Å²) >= 11 is 0. The molecule has 1 unspecified atom stereocenters. The maximum absolute atomic E-state index is 15.3. The number of benzene rings is 2. The van der Waals surface area contributed by atoms with E-state index in [0.29, 0.717) is 23.6 Å². The summed E-state index contributed by atoms with van der Waals surface area (Å²) in [4.78, 5) is 48.5. The van der Waals surface area contributed by atoms with E-state index in [-0.39, 0.29) is 28.4 Å². The molecule has 44 heavy (non-hydrogen) atoms. The van der Waals surface area contributed by atoms with Gasteiger partial charge in [0.25, 0.3) is 11.8 Å². The number of ether oxygens (including phenoxy) is 1. The van der Waals surface area contributed by atoms with Crippen LogP contribution in [-0.2, 0) is 14.4 Å². The number of rotatable bonds is 8. The van der Waals surface area contributed by atoms with Crippen molar-refractivity contribution in [3.05, 3.63) is 109 Å². The van der Waals surface area contributed by atoms with Crippen molar-refractivity contribution in [2.24, 2.45) is 5.92 Å². The zero-order chi connectivity index (χ0) is 30.8. The third kappa shape index (κ3) is 5.57. The average molecular weight is 596 g/mol. The highest BCUT2D eigenvalue weighted by atomic mass is 19.1. The van der Waals surface area contributed by atoms with Gasteiger partial charge < -0.3 is 15.4 Å². The molecule has 0 bridgehead atoms. The SMILES string of the molecule is CCC1C=C(C(=O)Nc2ccc(Oc3cc(Nc4ncccn4)cn4nccc34)c(F)c2)C(=O)N(c2ccc(F)cc2)C1=O. The van der Waals surface area contributed by atoms with E-state index in [9.17, 15) is 18.8 Å². The Morgan fingerprint density at radius 1 is 0.955 bits per heavy atom. The van der Waals surface area contributed by atoms with Crippen molar-refractivity contribution < 1.29 is 27.9 Å². The number of pyridine rings is 1. The predicted octanol–water partition coefficient (Wildman–Crippen LogP) is 5.40. The van der Waals surface area contributed by atoms with Crippen molar-refractivity contribution in [2.75, 3.05) is 15.5 Å². The van der Waals surface area contributed by atoms with Crippen LogP contribution in [0.25, 0.3) is 5.52 Å². The zero-order valence-electron chi connectivity index (χ0n) is 23.1. The maximum atomic E-state index is 15.3. The summed E-state index contributed by atoms with van der Waals surface area (Å²) in [5.41, 5.74) is 0.994. The van der Waals surface area contributed by atoms with Gasteiger partial charge in [0.05, 0.1) is 29.7 Å². The number of anilines is 4. The number of nitrogens with one attached hydrogen (secondary N) is 2. The average Bonchev–Trinajstić information content (AvgIpc) is 3.49. The van der Waals surface area contributed by atoms with Gasteiger partial charge in [-0.3, -0.25) is 14.4 Å². The first-order valence-corrected chi connectivity index (χ1v) is 13.5. The molecule has 1 aliphatic rings. The number of amides is 3. The van der Waals surface area contributed by atoms with Crippen LogP contribution in [0.2, 0.25) is 0 Å². The summed E-state index contributed by atoms with van der Waals surface area (Å²) < 4.78 is 36.2. The summed E-state index contributed by atoms with van der Waals surface area (Å²) in [7, 11) is 0. The molecule has 11 nitrogen and oxygen atoms in total. The smallest absolute Gasteiger partial charge is 0.270 e. The highest BCUT2D eigenvalue weighted by molar-refractivity contribution is 6.35. The molecule has 1 atom stereocenters. The Hall–Kier alpha value is -5.98. The van der Waals surface area contributed by atoms with E-state index in [0.717, 1.165) is 23.1 Å². The molecule has 13 heteroatoms. The fourth-order valence-electron chi connectivity index (χ4n) is 4.65. The van der Waals surface area contributed by atoms with E-state index >= 15 is 4.39 Å². The lowest BCUT2D eigenvalue weighted by molar-refractivity contribution is -0.128. The lowest BCUT2D eigenvalue weighted by Crippen LogP contribution is -2.47. The number of imide groups is 1. The molecule has 0 aliphatic carbocycles. The Morgan fingerprint density at radius 2 is 1.73 bits per heavy atom. The van der Waals surface area contributed by atoms with Gasteiger partial charge in [-0.05, 0) is 55.0 Å². The number of carbonyl (C=O) groups is 3. The molecule has 1 aliphatic heterocycles. The van der Waals surface area contributed by atoms with Crippen LogP contribution in [0.1, 0.15) is 13.3 Å². The lowest BCUT2D eigenvalue weighted by atomic mass is 9.94. The largest absolute Gasteiger partial charge is 0.452 e. The summed E-state index contributed by atoms with van der Waals surface area (Å²) in [6.07, 6.45) is 8.04. The topological polar surface area (TPSA) is 131 Å². The lowest BCUT2D eigenvalue weighted by Gasteiger charge is -2.29. The van der Waals surface area contributed by atoms with Gasteiger partial charge in [-0.15, -0.1) is 0 Å². The Balaban J connectivity index is 1.22. The van der Waals surface area contributed by atoms with E-state index in [1.807, 2.05) is 0 Å². The number of carbonyl (C=O) groups excluding carboxylic acids is 3. The van der Waals surface area contributed by atoms with E-state index < -0.39 is 35.3 Å². The van der Waals surface area contributed by atoms with Gasteiger partial charge in [-0.25, -0.2) is 28.2 Å². The van der Waals surface area contributed by atoms with Crippen molar-refractivity contribution in [3.8, 4) is 11.5 Å². The van der Waals surface area contributed by atoms with Crippen LogP contribution >= 0.6 is 0 Å². The third-order valence-corrected chi connectivity index (χ3v) is 6.81. The normalized spacial score (nSPS) is 14.8. The summed E-state index contributed by atoms with van der Waals surface area (Å²) in [5, 5.41) is 9.78. The van der Waals surface area contributed by atoms with Crippen molar-refractivity contribution >= 4 is 46.2 Å². The van der Waals surface area contributed by atoms with Crippen LogP contribution < -0.4 is 20.3 Å². The first-order valence-electron chi connectivity index (χ1n) is 13.5. The van der Waals surface area contributed by atoms with Crippen LogP contribution in [0.4, 0.5) is 31.8 Å². The van der Waals surface area contributed by atoms with E-state index in [1.54, 1.807) is 54.4 Å². The van der Waals surface area contributed by atoms with E-state index in [4.69, 9.17) is 4.74 Å². The Bertz CT molecular complexity index is 1930. The highest BCUT2D eigenvalue weighted by Crippen LogP contribution is 2.33. The summed E-state index contributed by atoms with van der Waals surface area (Å²) in [5.74, 6) is -3.82. The second kappa shape index (κ2) is 11.7. The molecule has 2 N–H and O–H groups in total. The van der Waals surface area contributed by atoms with Gasteiger partial charge in [0, 0.05) is 30.2 Å². The summed E-state index contributed by atoms with van der Waals surface area (Å²) in [6, 6.07) is 13.6. The Morgan fingerprint density at radius 3 is 2.45 bits per heavy atom. The first-order chi connectivity index (χ1) is 21.3. The quantitative estimate of drug-likeness (QED) is 0.180. The van der Waals surface area contributed by atoms with Gasteiger partial charge in [0.1, 0.15) is 16.9 Å². The standard InChI is InChI=1S/C31H23F2N7O4/c1-2-18-14-23(30(43)40(29(18)42)22-7-4-19(32)5-8-22)28(41)37-20-6-9-26(24(33)15-20)44-27-16-21(17-39-25(27)10-13-36-39)38-31-34-11-3-12-35-31/h3-18H,2H2,1H3,(H,37,41)(H,34,35,38). The number of fused-ring (bicyclic) bond motifs is 1. The van der Waals surface area contributed by atoms with Crippen LogP contribution in [0.15, 0.2) is 97.1 Å². The second-order valence-corrected chi connectivity index (χ2v) is 9.70. The molecule has 0 radical (unpaired) electrons. The maximum Gasteiger partial charge on any atom is 0.270 e. The molecule has 0 saturated carbocycles. The molecule has 0 fully saturated rings. The van der Waals surface area contributed by atoms with Crippen LogP contribution in [0.3, 0.4) is 0 Å². The Labute approximate surface area is 248 Å². The van der Waals surface area contributed by atoms with E-state index in [1.165, 1.54) is 30.3 Å². The minimum Gasteiger partial charge on any atom is -0.452 e. The molecule has 0 spiro atoms. The number of hydrogen-bond donors (Lipinski definition) is 2. The molecule has 2 aromatic carbocycles. The van der Waals surface area contributed by atoms with Crippen LogP contribution in [0.5, 0.6) is 11.5 Å². The first kappa shape index (κ1) is 28.2. The monoisotopic (exact) mass is 595 g/mol. The van der Waals surface area contributed by atoms with Gasteiger partial charge in [-0.2, -0.15) is 5.10 Å². The molecule has 220 valence electrons. The van der Waals surface area contributed by atoms with Gasteiger partial charge in [0.15, 0.2) is 17.3 Å². The molecule has 6 rings (SSSR count). The third-order valence-electron chi connectivity index (χ3n) is 6.81. The number of aromatic nitrogens is 4. The number of hydrogen-bond acceptors (Lipinski definition) is 8. The van der Waals surface area contributed by atoms with Crippen LogP contribution in [0, 0.1) is 17.6 Å². The Kier molecular flexibility index (Phi) is 7.50. The molecular formula is C31H23F2N7O4. The van der Waals surface area contributed by atoms with Crippen molar-refractivity contribution in [1.82, 2.24) is 19.6 Å². The van der Waals surface area contributed by atoms with Crippen molar-refractivity contribution in [1.29, 1.82) is 0 Å². The van der Waals surface area contributed by atoms with Gasteiger partial charge in [-0.1, -0.05) is 13.0 Å². The number of nitrogens with zero attached hydrogens (tertiary/aromatic N) is 5. The zero-order valence-corrected chi connectivity index (χ0v) is 23.1. The predicted molar refractivity (Wildman–Crippen MR) is 156 cm³/mol. The van der Waals surface area contributed by atoms with E-state index in [2.05, 4.69) is 25.7 Å². The molecule has 5 aromatic rings. The van der Waals surface area contributed by atoms with Crippen LogP contribution in [-0.4, -0.2) is 37.3 Å². The molecule has 0 saturated heterocycles.